The van der Waals surface area contributed by atoms with Crippen LogP contribution in [0.15, 0.2) is 24.8 Å². The average Bonchev–Trinajstić information content (AvgIpc) is 2.93. The smallest absolute Gasteiger partial charge is 0.257 e. The second-order valence-electron chi connectivity index (χ2n) is 5.69. The van der Waals surface area contributed by atoms with E-state index in [1.807, 2.05) is 32.0 Å². The summed E-state index contributed by atoms with van der Waals surface area (Å²) in [6.07, 6.45) is 6.74. The highest BCUT2D eigenvalue weighted by atomic mass is 16.5. The molecule has 1 aliphatic rings. The topological polar surface area (TPSA) is 76.4 Å². The molecule has 1 aliphatic heterocycles. The van der Waals surface area contributed by atoms with Crippen LogP contribution in [0.2, 0.25) is 0 Å². The van der Waals surface area contributed by atoms with E-state index in [1.165, 1.54) is 0 Å². The molecule has 2 aromatic rings. The molecule has 3 heterocycles. The Morgan fingerprint density at radius 1 is 1.22 bits per heavy atom. The lowest BCUT2D eigenvalue weighted by molar-refractivity contribution is -0.117. The lowest BCUT2D eigenvalue weighted by Crippen LogP contribution is -2.51. The number of nitrogens with zero attached hydrogens (tertiary/aromatic N) is 6. The van der Waals surface area contributed by atoms with Gasteiger partial charge in [-0.05, 0) is 13.8 Å². The molecule has 0 N–H and O–H groups in total. The number of amides is 1. The molecule has 0 radical (unpaired) electrons. The van der Waals surface area contributed by atoms with Gasteiger partial charge in [-0.1, -0.05) is 0 Å². The van der Waals surface area contributed by atoms with Gasteiger partial charge >= 0.3 is 0 Å². The van der Waals surface area contributed by atoms with E-state index in [2.05, 4.69) is 15.1 Å². The van der Waals surface area contributed by atoms with Crippen molar-refractivity contribution in [3.63, 3.8) is 0 Å². The molecule has 1 amide bonds. The second-order valence-corrected chi connectivity index (χ2v) is 5.69. The number of anilines is 2. The Morgan fingerprint density at radius 3 is 2.65 bits per heavy atom. The fourth-order valence-electron chi connectivity index (χ4n) is 2.52. The van der Waals surface area contributed by atoms with Crippen LogP contribution in [-0.4, -0.2) is 51.4 Å². The van der Waals surface area contributed by atoms with E-state index < -0.39 is 0 Å². The van der Waals surface area contributed by atoms with E-state index in [4.69, 9.17) is 4.74 Å². The Balaban J connectivity index is 1.77. The van der Waals surface area contributed by atoms with Crippen molar-refractivity contribution in [1.82, 2.24) is 19.7 Å². The summed E-state index contributed by atoms with van der Waals surface area (Å²) >= 11 is 0. The van der Waals surface area contributed by atoms with Crippen LogP contribution in [0.5, 0.6) is 5.88 Å². The Hall–Kier alpha value is -2.64. The average molecular weight is 316 g/mol. The van der Waals surface area contributed by atoms with Gasteiger partial charge in [-0.25, -0.2) is 9.97 Å². The van der Waals surface area contributed by atoms with E-state index in [0.717, 1.165) is 5.69 Å². The number of hydrogen-bond donors (Lipinski definition) is 0. The minimum absolute atomic E-state index is 0.00201. The van der Waals surface area contributed by atoms with Crippen molar-refractivity contribution in [1.29, 1.82) is 0 Å². The number of piperazine rings is 1. The first kappa shape index (κ1) is 15.3. The summed E-state index contributed by atoms with van der Waals surface area (Å²) in [6.45, 7) is 5.34. The van der Waals surface area contributed by atoms with Crippen LogP contribution >= 0.6 is 0 Å². The third-order valence-electron chi connectivity index (χ3n) is 3.52. The molecule has 1 saturated heterocycles. The highest BCUT2D eigenvalue weighted by molar-refractivity contribution is 5.97. The Bertz CT molecular complexity index is 699. The largest absolute Gasteiger partial charge is 0.472 e. The van der Waals surface area contributed by atoms with Crippen molar-refractivity contribution in [2.75, 3.05) is 29.4 Å². The predicted octanol–water partition coefficient (Wildman–Crippen LogP) is 0.850. The predicted molar refractivity (Wildman–Crippen MR) is 85.6 cm³/mol. The maximum atomic E-state index is 12.5. The monoisotopic (exact) mass is 316 g/mol. The molecule has 0 aromatic carbocycles. The normalized spacial score (nSPS) is 15.4. The number of rotatable bonds is 4. The molecule has 122 valence electrons. The summed E-state index contributed by atoms with van der Waals surface area (Å²) in [4.78, 5) is 24.7. The van der Waals surface area contributed by atoms with Crippen molar-refractivity contribution in [2.24, 2.45) is 7.05 Å². The highest BCUT2D eigenvalue weighted by Gasteiger charge is 2.28. The minimum atomic E-state index is -0.00201. The van der Waals surface area contributed by atoms with Crippen molar-refractivity contribution < 1.29 is 9.53 Å². The van der Waals surface area contributed by atoms with Gasteiger partial charge in [0.25, 0.3) is 5.88 Å². The maximum absolute atomic E-state index is 12.5. The van der Waals surface area contributed by atoms with Gasteiger partial charge in [0.1, 0.15) is 0 Å². The standard InChI is InChI=1S/C15H20N6O2/c1-11(2)23-15-14(16-4-5-17-15)20-6-7-21(13(22)10-20)12-8-18-19(3)9-12/h4-5,8-9,11H,6-7,10H2,1-3H3. The molecule has 0 bridgehead atoms. The van der Waals surface area contributed by atoms with Crippen LogP contribution in [0, 0.1) is 0 Å². The second kappa shape index (κ2) is 6.23. The van der Waals surface area contributed by atoms with Crippen molar-refractivity contribution in [2.45, 2.75) is 20.0 Å². The number of carbonyl (C=O) groups is 1. The molecule has 0 spiro atoms. The van der Waals surface area contributed by atoms with Crippen LogP contribution in [-0.2, 0) is 11.8 Å². The van der Waals surface area contributed by atoms with E-state index in [9.17, 15) is 4.79 Å². The fraction of sp³-hybridized carbons (Fsp3) is 0.467. The molecule has 23 heavy (non-hydrogen) atoms. The molecule has 2 aromatic heterocycles. The van der Waals surface area contributed by atoms with E-state index in [1.54, 1.807) is 28.2 Å². The van der Waals surface area contributed by atoms with Crippen LogP contribution in [0.3, 0.4) is 0 Å². The van der Waals surface area contributed by atoms with E-state index >= 15 is 0 Å². The fourth-order valence-corrected chi connectivity index (χ4v) is 2.52. The molecular weight excluding hydrogens is 296 g/mol. The molecule has 0 saturated carbocycles. The number of ether oxygens (including phenoxy) is 1. The number of aromatic nitrogens is 4. The molecule has 1 fully saturated rings. The van der Waals surface area contributed by atoms with Gasteiger partial charge in [-0.3, -0.25) is 9.48 Å². The summed E-state index contributed by atoms with van der Waals surface area (Å²) < 4.78 is 7.38. The summed E-state index contributed by atoms with van der Waals surface area (Å²) in [5.41, 5.74) is 0.815. The summed E-state index contributed by atoms with van der Waals surface area (Å²) in [6, 6.07) is 0. The molecule has 8 nitrogen and oxygen atoms in total. The van der Waals surface area contributed by atoms with Gasteiger partial charge < -0.3 is 14.5 Å². The Kier molecular flexibility index (Phi) is 4.14. The zero-order valence-corrected chi connectivity index (χ0v) is 13.5. The first-order valence-corrected chi connectivity index (χ1v) is 7.56. The van der Waals surface area contributed by atoms with E-state index in [0.29, 0.717) is 24.8 Å². The van der Waals surface area contributed by atoms with Gasteiger partial charge in [0.15, 0.2) is 5.82 Å². The SMILES string of the molecule is CC(C)Oc1nccnc1N1CCN(c2cnn(C)c2)C(=O)C1. The van der Waals surface area contributed by atoms with Gasteiger partial charge in [0.05, 0.1) is 24.5 Å². The van der Waals surface area contributed by atoms with Gasteiger partial charge in [0.2, 0.25) is 5.91 Å². The van der Waals surface area contributed by atoms with Crippen LogP contribution in [0.1, 0.15) is 13.8 Å². The Morgan fingerprint density at radius 2 is 2.00 bits per heavy atom. The van der Waals surface area contributed by atoms with E-state index in [-0.39, 0.29) is 18.6 Å². The first-order valence-electron chi connectivity index (χ1n) is 7.56. The van der Waals surface area contributed by atoms with Crippen LogP contribution < -0.4 is 14.5 Å². The van der Waals surface area contributed by atoms with Crippen molar-refractivity contribution in [3.8, 4) is 5.88 Å². The molecule has 3 rings (SSSR count). The van der Waals surface area contributed by atoms with Crippen molar-refractivity contribution in [3.05, 3.63) is 24.8 Å². The van der Waals surface area contributed by atoms with Crippen LogP contribution in [0.4, 0.5) is 11.5 Å². The third kappa shape index (κ3) is 3.25. The highest BCUT2D eigenvalue weighted by Crippen LogP contribution is 2.26. The molecular formula is C15H20N6O2. The Labute approximate surface area is 134 Å². The van der Waals surface area contributed by atoms with Gasteiger partial charge in [0, 0.05) is 38.7 Å². The number of aryl methyl sites for hydroxylation is 1. The summed E-state index contributed by atoms with van der Waals surface area (Å²) in [7, 11) is 1.83. The zero-order valence-electron chi connectivity index (χ0n) is 13.5. The number of carbonyl (C=O) groups excluding carboxylic acids is 1. The van der Waals surface area contributed by atoms with Gasteiger partial charge in [-0.15, -0.1) is 0 Å². The summed E-state index contributed by atoms with van der Waals surface area (Å²) in [5.74, 6) is 1.08. The quantitative estimate of drug-likeness (QED) is 0.832. The molecule has 0 atom stereocenters. The van der Waals surface area contributed by atoms with Crippen LogP contribution in [0.25, 0.3) is 0 Å². The summed E-state index contributed by atoms with van der Waals surface area (Å²) in [5, 5.41) is 4.12. The molecule has 0 unspecified atom stereocenters. The molecule has 8 heteroatoms. The zero-order chi connectivity index (χ0) is 16.4. The first-order chi connectivity index (χ1) is 11.0. The van der Waals surface area contributed by atoms with Crippen molar-refractivity contribution >= 4 is 17.4 Å². The third-order valence-corrected chi connectivity index (χ3v) is 3.52. The maximum Gasteiger partial charge on any atom is 0.257 e. The lowest BCUT2D eigenvalue weighted by atomic mass is 10.3. The lowest BCUT2D eigenvalue weighted by Gasteiger charge is -2.34. The molecule has 0 aliphatic carbocycles. The minimum Gasteiger partial charge on any atom is -0.472 e. The van der Waals surface area contributed by atoms with Gasteiger partial charge in [-0.2, -0.15) is 5.10 Å². The number of hydrogen-bond acceptors (Lipinski definition) is 6.